The molecule has 0 spiro atoms. The molecule has 0 rings (SSSR count). The summed E-state index contributed by atoms with van der Waals surface area (Å²) in [5.41, 5.74) is 0.950. The second kappa shape index (κ2) is 9.79. The van der Waals surface area contributed by atoms with E-state index in [4.69, 9.17) is 9.47 Å². The van der Waals surface area contributed by atoms with Gasteiger partial charge in [0.2, 0.25) is 0 Å². The van der Waals surface area contributed by atoms with E-state index < -0.39 is 16.1 Å². The molecule has 0 saturated heterocycles. The summed E-state index contributed by atoms with van der Waals surface area (Å²) in [7, 11) is -2.50. The molecule has 0 aliphatic carbocycles. The van der Waals surface area contributed by atoms with Crippen LogP contribution in [0, 0.1) is 0 Å². The molecule has 0 atom stereocenters. The first-order chi connectivity index (χ1) is 9.65. The Morgan fingerprint density at radius 2 is 0.955 bits per heavy atom. The first-order valence-electron chi connectivity index (χ1n) is 7.31. The van der Waals surface area contributed by atoms with E-state index in [0.717, 1.165) is 0 Å². The molecule has 0 aliphatic heterocycles. The van der Waals surface area contributed by atoms with Gasteiger partial charge in [-0.1, -0.05) is 52.4 Å². The Balaban J connectivity index is 0. The summed E-state index contributed by atoms with van der Waals surface area (Å²) in [6.07, 6.45) is 1.16. The normalized spacial score (nSPS) is 10.9. The maximum absolute atomic E-state index is 10.9. The van der Waals surface area contributed by atoms with E-state index in [0.29, 0.717) is 23.6 Å². The van der Waals surface area contributed by atoms with Gasteiger partial charge in [0, 0.05) is 11.1 Å². The highest BCUT2D eigenvalue weighted by Gasteiger charge is 2.16. The number of carbonyl (C=O) groups excluding carboxylic acids is 2. The van der Waals surface area contributed by atoms with Crippen LogP contribution in [0.25, 0.3) is 0 Å². The van der Waals surface area contributed by atoms with Crippen LogP contribution in [0.1, 0.15) is 13.8 Å². The number of esters is 2. The standard InChI is InChI=1S/2C8H16O2Si/c2*1-7(2)8(9)10-6-11(3,4)5/h2*1,6H2,2-5H3. The lowest BCUT2D eigenvalue weighted by atomic mass is 10.4. The number of hydrogen-bond donors (Lipinski definition) is 0. The fraction of sp³-hybridized carbons (Fsp3) is 0.625. The topological polar surface area (TPSA) is 52.6 Å². The van der Waals surface area contributed by atoms with Crippen LogP contribution in [-0.2, 0) is 19.1 Å². The van der Waals surface area contributed by atoms with Crippen molar-refractivity contribution in [3.63, 3.8) is 0 Å². The molecule has 0 heterocycles. The molecule has 6 heteroatoms. The fourth-order valence-corrected chi connectivity index (χ4v) is 1.94. The van der Waals surface area contributed by atoms with Crippen molar-refractivity contribution >= 4 is 28.1 Å². The molecule has 0 aliphatic rings. The van der Waals surface area contributed by atoms with Crippen molar-refractivity contribution in [2.45, 2.75) is 53.1 Å². The highest BCUT2D eigenvalue weighted by molar-refractivity contribution is 6.76. The molecular formula is C16H32O4Si2. The van der Waals surface area contributed by atoms with Crippen LogP contribution < -0.4 is 0 Å². The van der Waals surface area contributed by atoms with Crippen molar-refractivity contribution in [3.8, 4) is 0 Å². The molecule has 0 amide bonds. The average molecular weight is 345 g/mol. The highest BCUT2D eigenvalue weighted by Crippen LogP contribution is 2.03. The second-order valence-electron chi connectivity index (χ2n) is 7.83. The third-order valence-corrected chi connectivity index (χ3v) is 3.99. The summed E-state index contributed by atoms with van der Waals surface area (Å²) in [6, 6.07) is 0. The van der Waals surface area contributed by atoms with E-state index in [-0.39, 0.29) is 11.9 Å². The molecular weight excluding hydrogens is 312 g/mol. The maximum atomic E-state index is 10.9. The molecule has 0 bridgehead atoms. The quantitative estimate of drug-likeness (QED) is 0.416. The number of carbonyl (C=O) groups is 2. The molecule has 22 heavy (non-hydrogen) atoms. The molecule has 128 valence electrons. The van der Waals surface area contributed by atoms with Crippen molar-refractivity contribution in [1.29, 1.82) is 0 Å². The van der Waals surface area contributed by atoms with Crippen LogP contribution in [0.15, 0.2) is 24.3 Å². The van der Waals surface area contributed by atoms with Crippen molar-refractivity contribution in [1.82, 2.24) is 0 Å². The van der Waals surface area contributed by atoms with Crippen LogP contribution >= 0.6 is 0 Å². The Morgan fingerprint density at radius 3 is 1.09 bits per heavy atom. The Bertz CT molecular complexity index is 375. The molecule has 4 nitrogen and oxygen atoms in total. The Labute approximate surface area is 137 Å². The smallest absolute Gasteiger partial charge is 0.332 e. The number of ether oxygens (including phenoxy) is 2. The minimum atomic E-state index is -1.25. The van der Waals surface area contributed by atoms with Gasteiger partial charge in [-0.2, -0.15) is 0 Å². The van der Waals surface area contributed by atoms with Gasteiger partial charge >= 0.3 is 11.9 Å². The van der Waals surface area contributed by atoms with Gasteiger partial charge in [0.15, 0.2) is 0 Å². The third-order valence-electron chi connectivity index (χ3n) is 1.97. The lowest BCUT2D eigenvalue weighted by Crippen LogP contribution is -2.29. The predicted octanol–water partition coefficient (Wildman–Crippen LogP) is 3.97. The summed E-state index contributed by atoms with van der Waals surface area (Å²) in [5.74, 6) is -0.542. The fourth-order valence-electron chi connectivity index (χ4n) is 0.811. The van der Waals surface area contributed by atoms with E-state index in [1.807, 2.05) is 0 Å². The van der Waals surface area contributed by atoms with Crippen molar-refractivity contribution in [2.24, 2.45) is 0 Å². The Morgan fingerprint density at radius 1 is 0.727 bits per heavy atom. The van der Waals surface area contributed by atoms with Crippen LogP contribution in [0.5, 0.6) is 0 Å². The van der Waals surface area contributed by atoms with Crippen LogP contribution in [-0.4, -0.2) is 40.5 Å². The number of hydrogen-bond acceptors (Lipinski definition) is 4. The zero-order chi connectivity index (χ0) is 18.1. The SMILES string of the molecule is C=C(C)C(=O)OC[Si](C)(C)C.C=C(C)C(=O)OC[Si](C)(C)C. The Hall–Kier alpha value is -1.15. The molecule has 0 aromatic carbocycles. The summed E-state index contributed by atoms with van der Waals surface area (Å²) in [5, 5.41) is 0. The zero-order valence-electron chi connectivity index (χ0n) is 15.5. The van der Waals surface area contributed by atoms with E-state index in [1.165, 1.54) is 0 Å². The summed E-state index contributed by atoms with van der Waals surface area (Å²) in [6.45, 7) is 23.2. The summed E-state index contributed by atoms with van der Waals surface area (Å²) >= 11 is 0. The maximum Gasteiger partial charge on any atom is 0.332 e. The average Bonchev–Trinajstić information content (AvgIpc) is 2.31. The van der Waals surface area contributed by atoms with Crippen molar-refractivity contribution < 1.29 is 19.1 Å². The highest BCUT2D eigenvalue weighted by atomic mass is 28.3. The molecule has 0 aromatic rings. The largest absolute Gasteiger partial charge is 0.466 e. The molecule has 0 aromatic heterocycles. The summed E-state index contributed by atoms with van der Waals surface area (Å²) < 4.78 is 9.98. The van der Waals surface area contributed by atoms with Gasteiger partial charge in [-0.15, -0.1) is 0 Å². The zero-order valence-corrected chi connectivity index (χ0v) is 17.5. The molecule has 0 saturated carbocycles. The van der Waals surface area contributed by atoms with Gasteiger partial charge in [-0.05, 0) is 13.8 Å². The van der Waals surface area contributed by atoms with Gasteiger partial charge in [-0.25, -0.2) is 9.59 Å². The second-order valence-corrected chi connectivity index (χ2v) is 18.7. The van der Waals surface area contributed by atoms with Crippen molar-refractivity contribution in [3.05, 3.63) is 24.3 Å². The lowest BCUT2D eigenvalue weighted by molar-refractivity contribution is -0.138. The molecule has 0 unspecified atom stereocenters. The first-order valence-corrected chi connectivity index (χ1v) is 14.7. The summed E-state index contributed by atoms with van der Waals surface area (Å²) in [4.78, 5) is 21.8. The van der Waals surface area contributed by atoms with Gasteiger partial charge < -0.3 is 9.47 Å². The van der Waals surface area contributed by atoms with E-state index in [1.54, 1.807) is 13.8 Å². The molecule has 0 N–H and O–H groups in total. The van der Waals surface area contributed by atoms with Crippen LogP contribution in [0.3, 0.4) is 0 Å². The third kappa shape index (κ3) is 16.9. The van der Waals surface area contributed by atoms with Gasteiger partial charge in [-0.3, -0.25) is 0 Å². The van der Waals surface area contributed by atoms with Crippen LogP contribution in [0.4, 0.5) is 0 Å². The van der Waals surface area contributed by atoms with E-state index >= 15 is 0 Å². The van der Waals surface area contributed by atoms with Gasteiger partial charge in [0.25, 0.3) is 0 Å². The predicted molar refractivity (Wildman–Crippen MR) is 98.2 cm³/mol. The van der Waals surface area contributed by atoms with E-state index in [2.05, 4.69) is 52.4 Å². The van der Waals surface area contributed by atoms with E-state index in [9.17, 15) is 9.59 Å². The lowest BCUT2D eigenvalue weighted by Gasteiger charge is -2.15. The first kappa shape index (κ1) is 23.1. The van der Waals surface area contributed by atoms with Gasteiger partial charge in [0.05, 0.1) is 28.6 Å². The van der Waals surface area contributed by atoms with Crippen molar-refractivity contribution in [2.75, 3.05) is 12.5 Å². The Kier molecular flexibility index (Phi) is 10.3. The molecule has 0 fully saturated rings. The van der Waals surface area contributed by atoms with Gasteiger partial charge in [0.1, 0.15) is 0 Å². The number of rotatable bonds is 6. The minimum Gasteiger partial charge on any atom is -0.466 e. The monoisotopic (exact) mass is 344 g/mol. The molecule has 0 radical (unpaired) electrons. The van der Waals surface area contributed by atoms with Crippen LogP contribution in [0.2, 0.25) is 39.3 Å². The minimum absolute atomic E-state index is 0.271.